The number of carbonyl (C=O) groups is 1. The Morgan fingerprint density at radius 1 is 1.21 bits per heavy atom. The lowest BCUT2D eigenvalue weighted by atomic mass is 9.86. The second kappa shape index (κ2) is 6.70. The van der Waals surface area contributed by atoms with Gasteiger partial charge in [-0.1, -0.05) is 15.9 Å². The Bertz CT molecular complexity index is 658. The molecule has 1 aliphatic heterocycles. The first-order chi connectivity index (χ1) is 11.0. The molecule has 0 aliphatic carbocycles. The summed E-state index contributed by atoms with van der Waals surface area (Å²) >= 11 is 3.53. The highest BCUT2D eigenvalue weighted by atomic mass is 79.9. The van der Waals surface area contributed by atoms with Crippen molar-refractivity contribution in [2.45, 2.75) is 73.3 Å². The maximum atomic E-state index is 12.3. The summed E-state index contributed by atoms with van der Waals surface area (Å²) in [6.45, 7) is 13.9. The minimum atomic E-state index is -0.520. The predicted octanol–water partition coefficient (Wildman–Crippen LogP) is 5.43. The van der Waals surface area contributed by atoms with Gasteiger partial charge < -0.3 is 9.47 Å². The number of ether oxygens (including phenoxy) is 2. The van der Waals surface area contributed by atoms with Crippen molar-refractivity contribution in [1.29, 1.82) is 0 Å². The monoisotopic (exact) mass is 396 g/mol. The Kier molecular flexibility index (Phi) is 5.39. The van der Waals surface area contributed by atoms with Gasteiger partial charge in [-0.2, -0.15) is 0 Å². The van der Waals surface area contributed by atoms with Gasteiger partial charge in [-0.3, -0.25) is 4.79 Å². The molecule has 0 radical (unpaired) electrons. The van der Waals surface area contributed by atoms with E-state index in [1.165, 1.54) is 5.56 Å². The van der Waals surface area contributed by atoms with Crippen LogP contribution in [-0.2, 0) is 11.2 Å². The molecule has 24 heavy (non-hydrogen) atoms. The zero-order valence-electron chi connectivity index (χ0n) is 15.9. The van der Waals surface area contributed by atoms with Crippen LogP contribution >= 0.6 is 15.9 Å². The van der Waals surface area contributed by atoms with Crippen LogP contribution in [0.3, 0.4) is 0 Å². The van der Waals surface area contributed by atoms with Gasteiger partial charge in [0.1, 0.15) is 17.1 Å². The lowest BCUT2D eigenvalue weighted by Crippen LogP contribution is -2.37. The van der Waals surface area contributed by atoms with E-state index < -0.39 is 5.41 Å². The van der Waals surface area contributed by atoms with Crippen LogP contribution in [0.15, 0.2) is 0 Å². The third-order valence-electron chi connectivity index (χ3n) is 4.99. The van der Waals surface area contributed by atoms with Crippen LogP contribution in [0.25, 0.3) is 0 Å². The van der Waals surface area contributed by atoms with Crippen LogP contribution in [0, 0.1) is 26.2 Å². The van der Waals surface area contributed by atoms with Gasteiger partial charge in [0.05, 0.1) is 5.41 Å². The fourth-order valence-electron chi connectivity index (χ4n) is 3.06. The average molecular weight is 397 g/mol. The Morgan fingerprint density at radius 2 is 1.83 bits per heavy atom. The molecule has 0 N–H and O–H groups in total. The van der Waals surface area contributed by atoms with Gasteiger partial charge in [0, 0.05) is 10.9 Å². The van der Waals surface area contributed by atoms with Gasteiger partial charge in [0.15, 0.2) is 0 Å². The molecule has 0 saturated heterocycles. The Morgan fingerprint density at radius 3 is 2.38 bits per heavy atom. The summed E-state index contributed by atoms with van der Waals surface area (Å²) in [5.74, 6) is 1.49. The number of alkyl halides is 1. The summed E-state index contributed by atoms with van der Waals surface area (Å²) in [5.41, 5.74) is 3.63. The van der Waals surface area contributed by atoms with Crippen LogP contribution in [0.2, 0.25) is 0 Å². The van der Waals surface area contributed by atoms with Gasteiger partial charge in [-0.05, 0) is 84.4 Å². The van der Waals surface area contributed by atoms with E-state index >= 15 is 0 Å². The number of benzene rings is 1. The molecule has 1 aromatic rings. The van der Waals surface area contributed by atoms with E-state index in [1.54, 1.807) is 0 Å². The quantitative estimate of drug-likeness (QED) is 0.388. The van der Waals surface area contributed by atoms with E-state index in [0.29, 0.717) is 5.75 Å². The van der Waals surface area contributed by atoms with Gasteiger partial charge in [-0.15, -0.1) is 0 Å². The van der Waals surface area contributed by atoms with E-state index in [0.717, 1.165) is 47.0 Å². The van der Waals surface area contributed by atoms with Crippen molar-refractivity contribution in [2.75, 3.05) is 5.33 Å². The lowest BCUT2D eigenvalue weighted by molar-refractivity contribution is -0.143. The summed E-state index contributed by atoms with van der Waals surface area (Å²) in [6.07, 6.45) is 2.90. The van der Waals surface area contributed by atoms with E-state index in [1.807, 2.05) is 34.6 Å². The third-order valence-corrected chi connectivity index (χ3v) is 5.39. The molecule has 1 aromatic carbocycles. The molecule has 1 aliphatic rings. The Balaban J connectivity index is 2.46. The van der Waals surface area contributed by atoms with Gasteiger partial charge in [0.2, 0.25) is 0 Å². The normalized spacial score (nSPS) is 20.3. The summed E-state index contributed by atoms with van der Waals surface area (Å²) < 4.78 is 12.2. The molecule has 0 saturated carbocycles. The van der Waals surface area contributed by atoms with Crippen molar-refractivity contribution in [3.05, 3.63) is 22.3 Å². The first-order valence-electron chi connectivity index (χ1n) is 8.60. The van der Waals surface area contributed by atoms with Crippen LogP contribution in [0.5, 0.6) is 11.5 Å². The molecule has 3 nitrogen and oxygen atoms in total. The molecule has 1 atom stereocenters. The fraction of sp³-hybridized carbons (Fsp3) is 0.650. The van der Waals surface area contributed by atoms with Crippen LogP contribution in [0.1, 0.15) is 62.8 Å². The average Bonchev–Trinajstić information content (AvgIpc) is 2.48. The summed E-state index contributed by atoms with van der Waals surface area (Å²) in [6, 6.07) is 0. The third kappa shape index (κ3) is 3.63. The largest absolute Gasteiger partial charge is 0.487 e. The summed E-state index contributed by atoms with van der Waals surface area (Å²) in [5, 5.41) is 0.928. The molecule has 0 amide bonds. The highest BCUT2D eigenvalue weighted by molar-refractivity contribution is 9.09. The highest BCUT2D eigenvalue weighted by Crippen LogP contribution is 2.44. The molecule has 4 heteroatoms. The van der Waals surface area contributed by atoms with Crippen LogP contribution < -0.4 is 9.47 Å². The zero-order valence-corrected chi connectivity index (χ0v) is 17.5. The number of hydrogen-bond acceptors (Lipinski definition) is 3. The molecule has 134 valence electrons. The standard InChI is InChI=1S/C20H29BrO3/c1-12-13(2)17-15(8-9-20(7,24-17)10-11-21)14(3)16(12)23-18(22)19(4,5)6/h8-11H2,1-7H3. The number of hydrogen-bond donors (Lipinski definition) is 0. The Hall–Kier alpha value is -1.03. The molecule has 1 unspecified atom stereocenters. The number of esters is 1. The van der Waals surface area contributed by atoms with Gasteiger partial charge in [-0.25, -0.2) is 0 Å². The van der Waals surface area contributed by atoms with Crippen molar-refractivity contribution in [3.8, 4) is 11.5 Å². The topological polar surface area (TPSA) is 35.5 Å². The number of carbonyl (C=O) groups excluding carboxylic acids is 1. The van der Waals surface area contributed by atoms with E-state index in [9.17, 15) is 4.79 Å². The van der Waals surface area contributed by atoms with Crippen molar-refractivity contribution < 1.29 is 14.3 Å². The second-order valence-electron chi connectivity index (χ2n) is 8.14. The SMILES string of the molecule is Cc1c(C)c2c(c(C)c1OC(=O)C(C)(C)C)CCC(C)(CCBr)O2. The van der Waals surface area contributed by atoms with Gasteiger partial charge >= 0.3 is 5.97 Å². The molecular formula is C20H29BrO3. The molecule has 0 aromatic heterocycles. The molecule has 1 heterocycles. The molecule has 2 rings (SSSR count). The molecule has 0 spiro atoms. The molecule has 0 fully saturated rings. The van der Waals surface area contributed by atoms with E-state index in [-0.39, 0.29) is 11.6 Å². The van der Waals surface area contributed by atoms with Crippen molar-refractivity contribution in [2.24, 2.45) is 5.41 Å². The minimum absolute atomic E-state index is 0.135. The number of rotatable bonds is 3. The van der Waals surface area contributed by atoms with Gasteiger partial charge in [0.25, 0.3) is 0 Å². The van der Waals surface area contributed by atoms with Crippen LogP contribution in [0.4, 0.5) is 0 Å². The highest BCUT2D eigenvalue weighted by Gasteiger charge is 2.35. The number of halogens is 1. The Labute approximate surface area is 154 Å². The molecular weight excluding hydrogens is 368 g/mol. The smallest absolute Gasteiger partial charge is 0.316 e. The second-order valence-corrected chi connectivity index (χ2v) is 8.94. The maximum absolute atomic E-state index is 12.3. The first-order valence-corrected chi connectivity index (χ1v) is 9.72. The van der Waals surface area contributed by atoms with Crippen molar-refractivity contribution in [3.63, 3.8) is 0 Å². The minimum Gasteiger partial charge on any atom is -0.487 e. The van der Waals surface area contributed by atoms with Crippen molar-refractivity contribution >= 4 is 21.9 Å². The van der Waals surface area contributed by atoms with E-state index in [2.05, 4.69) is 29.8 Å². The van der Waals surface area contributed by atoms with E-state index in [4.69, 9.17) is 9.47 Å². The summed E-state index contributed by atoms with van der Waals surface area (Å²) in [7, 11) is 0. The number of fused-ring (bicyclic) bond motifs is 1. The zero-order chi connectivity index (χ0) is 18.3. The maximum Gasteiger partial charge on any atom is 0.316 e. The summed E-state index contributed by atoms with van der Waals surface area (Å²) in [4.78, 5) is 12.3. The fourth-order valence-corrected chi connectivity index (χ4v) is 3.90. The predicted molar refractivity (Wildman–Crippen MR) is 102 cm³/mol. The van der Waals surface area contributed by atoms with Crippen LogP contribution in [-0.4, -0.2) is 16.9 Å². The first kappa shape index (κ1) is 19.3. The lowest BCUT2D eigenvalue weighted by Gasteiger charge is -2.38. The van der Waals surface area contributed by atoms with Crippen molar-refractivity contribution in [1.82, 2.24) is 0 Å². The molecule has 0 bridgehead atoms.